The van der Waals surface area contributed by atoms with E-state index in [-0.39, 0.29) is 22.3 Å². The van der Waals surface area contributed by atoms with Gasteiger partial charge in [0, 0.05) is 5.56 Å². The van der Waals surface area contributed by atoms with E-state index in [2.05, 4.69) is 10.2 Å². The predicted molar refractivity (Wildman–Crippen MR) is 97.2 cm³/mol. The predicted octanol–water partition coefficient (Wildman–Crippen LogP) is 4.48. The third-order valence-corrected chi connectivity index (χ3v) is 4.77. The van der Waals surface area contributed by atoms with E-state index in [1.807, 2.05) is 32.0 Å². The Morgan fingerprint density at radius 1 is 1.15 bits per heavy atom. The average Bonchev–Trinajstić information content (AvgIpc) is 3.11. The summed E-state index contributed by atoms with van der Waals surface area (Å²) < 4.78 is 24.1. The zero-order valence-corrected chi connectivity index (χ0v) is 15.4. The van der Waals surface area contributed by atoms with Gasteiger partial charge in [0.2, 0.25) is 5.89 Å². The molecule has 0 radical (unpaired) electrons. The number of carbonyl (C=O) groups excluding carboxylic acids is 1. The lowest BCUT2D eigenvalue weighted by Gasteiger charge is -2.06. The molecule has 3 aromatic rings. The number of ether oxygens (including phenoxy) is 1. The van der Waals surface area contributed by atoms with Gasteiger partial charge in [-0.2, -0.15) is 0 Å². The van der Waals surface area contributed by atoms with Crippen molar-refractivity contribution in [2.45, 2.75) is 19.1 Å². The lowest BCUT2D eigenvalue weighted by molar-refractivity contribution is 0.101. The number of methoxy groups -OCH3 is 1. The minimum Gasteiger partial charge on any atom is -0.496 e. The zero-order valence-electron chi connectivity index (χ0n) is 14.6. The number of nitrogens with zero attached hydrogens (tertiary/aromatic N) is 2. The molecule has 0 amide bonds. The molecule has 7 heteroatoms. The summed E-state index contributed by atoms with van der Waals surface area (Å²) in [6.07, 6.45) is 0. The highest BCUT2D eigenvalue weighted by Crippen LogP contribution is 2.27. The highest BCUT2D eigenvalue weighted by Gasteiger charge is 2.16. The maximum Gasteiger partial charge on any atom is 0.277 e. The van der Waals surface area contributed by atoms with Crippen LogP contribution < -0.4 is 4.74 Å². The number of hydrogen-bond acceptors (Lipinski definition) is 6. The number of Topliss-reactive ketones (excluding diaryl/α,β-unsaturated/α-hetero) is 1. The van der Waals surface area contributed by atoms with Crippen molar-refractivity contribution in [3.63, 3.8) is 0 Å². The van der Waals surface area contributed by atoms with Crippen LogP contribution in [-0.4, -0.2) is 28.8 Å². The van der Waals surface area contributed by atoms with E-state index < -0.39 is 5.82 Å². The van der Waals surface area contributed by atoms with E-state index in [1.165, 1.54) is 24.8 Å². The summed E-state index contributed by atoms with van der Waals surface area (Å²) >= 11 is 1.10. The molecule has 0 N–H and O–H groups in total. The summed E-state index contributed by atoms with van der Waals surface area (Å²) in [5.74, 6) is -0.00930. The van der Waals surface area contributed by atoms with Crippen molar-refractivity contribution in [3.8, 4) is 17.2 Å². The smallest absolute Gasteiger partial charge is 0.277 e. The van der Waals surface area contributed by atoms with Crippen LogP contribution >= 0.6 is 11.8 Å². The van der Waals surface area contributed by atoms with Gasteiger partial charge in [0.15, 0.2) is 5.78 Å². The highest BCUT2D eigenvalue weighted by atomic mass is 32.2. The highest BCUT2D eigenvalue weighted by molar-refractivity contribution is 7.99. The van der Waals surface area contributed by atoms with Gasteiger partial charge in [-0.3, -0.25) is 4.79 Å². The third-order valence-electron chi connectivity index (χ3n) is 3.95. The van der Waals surface area contributed by atoms with Crippen LogP contribution in [0.3, 0.4) is 0 Å². The lowest BCUT2D eigenvalue weighted by Crippen LogP contribution is -2.05. The summed E-state index contributed by atoms with van der Waals surface area (Å²) in [7, 11) is 1.44. The summed E-state index contributed by atoms with van der Waals surface area (Å²) in [5, 5.41) is 8.26. The Bertz CT molecular complexity index is 956. The Morgan fingerprint density at radius 2 is 1.96 bits per heavy atom. The van der Waals surface area contributed by atoms with Crippen LogP contribution in [-0.2, 0) is 0 Å². The van der Waals surface area contributed by atoms with E-state index >= 15 is 0 Å². The monoisotopic (exact) mass is 372 g/mol. The van der Waals surface area contributed by atoms with Crippen LogP contribution in [0.4, 0.5) is 4.39 Å². The molecular formula is C19H17FN2O3S. The molecule has 0 fully saturated rings. The Labute approximate surface area is 154 Å². The summed E-state index contributed by atoms with van der Waals surface area (Å²) in [6, 6.07) is 9.71. The quantitative estimate of drug-likeness (QED) is 0.470. The first kappa shape index (κ1) is 18.1. The van der Waals surface area contributed by atoms with Gasteiger partial charge >= 0.3 is 0 Å². The first-order valence-corrected chi connectivity index (χ1v) is 8.87. The van der Waals surface area contributed by atoms with Gasteiger partial charge in [-0.1, -0.05) is 17.8 Å². The van der Waals surface area contributed by atoms with Gasteiger partial charge in [0.05, 0.1) is 18.4 Å². The minimum atomic E-state index is -0.492. The van der Waals surface area contributed by atoms with Crippen molar-refractivity contribution < 1.29 is 18.3 Å². The normalized spacial score (nSPS) is 10.8. The second-order valence-electron chi connectivity index (χ2n) is 5.73. The molecule has 0 bridgehead atoms. The number of hydrogen-bond donors (Lipinski definition) is 0. The van der Waals surface area contributed by atoms with E-state index in [0.29, 0.717) is 11.6 Å². The van der Waals surface area contributed by atoms with Gasteiger partial charge in [0.25, 0.3) is 5.22 Å². The molecule has 0 atom stereocenters. The number of benzene rings is 2. The Balaban J connectivity index is 1.71. The third kappa shape index (κ3) is 3.94. The van der Waals surface area contributed by atoms with Crippen LogP contribution in [0.5, 0.6) is 5.75 Å². The number of carbonyl (C=O) groups is 1. The Morgan fingerprint density at radius 3 is 2.69 bits per heavy atom. The van der Waals surface area contributed by atoms with Crippen LogP contribution in [0.25, 0.3) is 11.5 Å². The first-order valence-electron chi connectivity index (χ1n) is 7.88. The minimum absolute atomic E-state index is 0.0361. The first-order chi connectivity index (χ1) is 12.5. The number of halogens is 1. The molecule has 0 unspecified atom stereocenters. The van der Waals surface area contributed by atoms with E-state index in [4.69, 9.17) is 9.15 Å². The molecule has 0 aliphatic heterocycles. The van der Waals surface area contributed by atoms with Crippen molar-refractivity contribution in [1.82, 2.24) is 10.2 Å². The number of aromatic nitrogens is 2. The molecule has 1 aromatic heterocycles. The molecule has 0 aliphatic rings. The van der Waals surface area contributed by atoms with Gasteiger partial charge in [-0.05, 0) is 55.3 Å². The average molecular weight is 372 g/mol. The fourth-order valence-electron chi connectivity index (χ4n) is 2.36. The van der Waals surface area contributed by atoms with Crippen LogP contribution in [0.2, 0.25) is 0 Å². The SMILES string of the molecule is COc1ccc(F)cc1C(=O)CSc1nnc(-c2ccc(C)c(C)c2)o1. The zero-order chi connectivity index (χ0) is 18.7. The van der Waals surface area contributed by atoms with Crippen molar-refractivity contribution >= 4 is 17.5 Å². The molecule has 2 aromatic carbocycles. The lowest BCUT2D eigenvalue weighted by atomic mass is 10.1. The van der Waals surface area contributed by atoms with Crippen molar-refractivity contribution in [2.24, 2.45) is 0 Å². The maximum atomic E-state index is 13.4. The number of rotatable bonds is 6. The van der Waals surface area contributed by atoms with Crippen LogP contribution in [0, 0.1) is 19.7 Å². The van der Waals surface area contributed by atoms with Gasteiger partial charge in [-0.25, -0.2) is 4.39 Å². The van der Waals surface area contributed by atoms with E-state index in [9.17, 15) is 9.18 Å². The van der Waals surface area contributed by atoms with Gasteiger partial charge < -0.3 is 9.15 Å². The van der Waals surface area contributed by atoms with Crippen molar-refractivity contribution in [2.75, 3.05) is 12.9 Å². The molecular weight excluding hydrogens is 355 g/mol. The molecule has 0 spiro atoms. The molecule has 134 valence electrons. The molecule has 0 saturated carbocycles. The number of aryl methyl sites for hydroxylation is 2. The number of ketones is 1. The van der Waals surface area contributed by atoms with Crippen LogP contribution in [0.15, 0.2) is 46.0 Å². The van der Waals surface area contributed by atoms with Gasteiger partial charge in [-0.15, -0.1) is 10.2 Å². The standard InChI is InChI=1S/C19H17FN2O3S/c1-11-4-5-13(8-12(11)2)18-21-22-19(25-18)26-10-16(23)15-9-14(20)6-7-17(15)24-3/h4-9H,10H2,1-3H3. The largest absolute Gasteiger partial charge is 0.496 e. The second kappa shape index (κ2) is 7.70. The summed E-state index contributed by atoms with van der Waals surface area (Å²) in [5.41, 5.74) is 3.32. The number of thioether (sulfide) groups is 1. The molecule has 1 heterocycles. The topological polar surface area (TPSA) is 65.2 Å². The van der Waals surface area contributed by atoms with Crippen molar-refractivity contribution in [3.05, 3.63) is 58.9 Å². The fraction of sp³-hybridized carbons (Fsp3) is 0.211. The summed E-state index contributed by atoms with van der Waals surface area (Å²) in [4.78, 5) is 12.4. The molecule has 0 saturated heterocycles. The molecule has 5 nitrogen and oxygen atoms in total. The maximum absolute atomic E-state index is 13.4. The van der Waals surface area contributed by atoms with Crippen LogP contribution in [0.1, 0.15) is 21.5 Å². The second-order valence-corrected chi connectivity index (χ2v) is 6.66. The van der Waals surface area contributed by atoms with Crippen molar-refractivity contribution in [1.29, 1.82) is 0 Å². The molecule has 3 rings (SSSR count). The summed E-state index contributed by atoms with van der Waals surface area (Å²) in [6.45, 7) is 4.04. The Hall–Kier alpha value is -2.67. The van der Waals surface area contributed by atoms with Gasteiger partial charge in [0.1, 0.15) is 11.6 Å². The van der Waals surface area contributed by atoms with E-state index in [1.54, 1.807) is 0 Å². The Kier molecular flexibility index (Phi) is 5.37. The molecule has 0 aliphatic carbocycles. The fourth-order valence-corrected chi connectivity index (χ4v) is 3.01. The van der Waals surface area contributed by atoms with E-state index in [0.717, 1.165) is 29.0 Å². The molecule has 26 heavy (non-hydrogen) atoms.